The maximum Gasteiger partial charge on any atom is 0.146 e. The van der Waals surface area contributed by atoms with Gasteiger partial charge in [-0.05, 0) is 29.8 Å². The Labute approximate surface area is 97.5 Å². The Morgan fingerprint density at radius 2 is 1.88 bits per heavy atom. The molecular weight excluding hydrogens is 221 g/mol. The number of hydrogen-bond acceptors (Lipinski definition) is 3. The number of carboxylic acid groups (broad SMARTS) is 1. The van der Waals surface area contributed by atoms with Crippen LogP contribution in [0, 0.1) is 5.82 Å². The lowest BCUT2D eigenvalue weighted by atomic mass is 10.2. The Morgan fingerprint density at radius 1 is 1.12 bits per heavy atom. The van der Waals surface area contributed by atoms with E-state index in [1.54, 1.807) is 30.3 Å². The fourth-order valence-electron chi connectivity index (χ4n) is 1.44. The molecule has 0 saturated heterocycles. The number of nitrogens with one attached hydrogen (secondary N) is 1. The molecule has 86 valence electrons. The van der Waals surface area contributed by atoms with Crippen molar-refractivity contribution >= 4 is 17.3 Å². The molecule has 0 fully saturated rings. The number of benzene rings is 2. The third kappa shape index (κ3) is 2.60. The van der Waals surface area contributed by atoms with Crippen LogP contribution in [0.2, 0.25) is 0 Å². The van der Waals surface area contributed by atoms with Crippen molar-refractivity contribution < 1.29 is 14.3 Å². The zero-order chi connectivity index (χ0) is 12.3. The maximum absolute atomic E-state index is 13.3. The van der Waals surface area contributed by atoms with Gasteiger partial charge in [-0.2, -0.15) is 0 Å². The fourth-order valence-corrected chi connectivity index (χ4v) is 1.44. The monoisotopic (exact) mass is 230 g/mol. The van der Waals surface area contributed by atoms with E-state index in [9.17, 15) is 14.3 Å². The summed E-state index contributed by atoms with van der Waals surface area (Å²) in [6.45, 7) is 0. The van der Waals surface area contributed by atoms with Gasteiger partial charge >= 0.3 is 0 Å². The highest BCUT2D eigenvalue weighted by Crippen LogP contribution is 2.20. The lowest BCUT2D eigenvalue weighted by molar-refractivity contribution is -0.255. The largest absolute Gasteiger partial charge is 0.545 e. The van der Waals surface area contributed by atoms with Crippen molar-refractivity contribution in [3.8, 4) is 0 Å². The molecule has 1 N–H and O–H groups in total. The predicted octanol–water partition coefficient (Wildman–Crippen LogP) is 1.93. The van der Waals surface area contributed by atoms with E-state index in [1.807, 2.05) is 0 Å². The van der Waals surface area contributed by atoms with E-state index in [-0.39, 0.29) is 5.56 Å². The molecule has 3 nitrogen and oxygen atoms in total. The summed E-state index contributed by atoms with van der Waals surface area (Å²) in [4.78, 5) is 10.7. The van der Waals surface area contributed by atoms with Crippen molar-refractivity contribution in [1.82, 2.24) is 0 Å². The maximum atomic E-state index is 13.3. The number of carbonyl (C=O) groups is 1. The topological polar surface area (TPSA) is 52.2 Å². The molecule has 0 unspecified atom stereocenters. The molecule has 0 aliphatic rings. The molecule has 0 amide bonds. The lowest BCUT2D eigenvalue weighted by Gasteiger charge is -2.09. The summed E-state index contributed by atoms with van der Waals surface area (Å²) in [5, 5.41) is 13.5. The van der Waals surface area contributed by atoms with E-state index in [4.69, 9.17) is 0 Å². The van der Waals surface area contributed by atoms with E-state index < -0.39 is 11.8 Å². The number of carbonyl (C=O) groups excluding carboxylic acids is 1. The van der Waals surface area contributed by atoms with Crippen LogP contribution in [-0.4, -0.2) is 5.97 Å². The van der Waals surface area contributed by atoms with Gasteiger partial charge in [-0.1, -0.05) is 24.3 Å². The molecule has 0 atom stereocenters. The highest BCUT2D eigenvalue weighted by Gasteiger charge is 2.01. The number of para-hydroxylation sites is 1. The van der Waals surface area contributed by atoms with E-state index in [1.165, 1.54) is 18.2 Å². The minimum Gasteiger partial charge on any atom is -0.545 e. The molecule has 0 aromatic heterocycles. The molecule has 2 aromatic rings. The highest BCUT2D eigenvalue weighted by molar-refractivity contribution is 5.87. The molecule has 0 spiro atoms. The van der Waals surface area contributed by atoms with Crippen LogP contribution < -0.4 is 10.4 Å². The molecule has 2 rings (SSSR count). The third-order valence-electron chi connectivity index (χ3n) is 2.25. The molecule has 0 heterocycles. The molecule has 0 aliphatic heterocycles. The predicted molar refractivity (Wildman–Crippen MR) is 60.5 cm³/mol. The van der Waals surface area contributed by atoms with Crippen molar-refractivity contribution in [3.05, 3.63) is 59.9 Å². The van der Waals surface area contributed by atoms with Gasteiger partial charge in [-0.3, -0.25) is 0 Å². The van der Waals surface area contributed by atoms with Gasteiger partial charge < -0.3 is 15.2 Å². The molecule has 0 bridgehead atoms. The van der Waals surface area contributed by atoms with E-state index in [0.717, 1.165) is 0 Å². The van der Waals surface area contributed by atoms with Crippen LogP contribution in [0.25, 0.3) is 0 Å². The average molecular weight is 230 g/mol. The van der Waals surface area contributed by atoms with Crippen LogP contribution in [0.15, 0.2) is 48.5 Å². The smallest absolute Gasteiger partial charge is 0.146 e. The third-order valence-corrected chi connectivity index (χ3v) is 2.25. The Kier molecular flexibility index (Phi) is 3.05. The van der Waals surface area contributed by atoms with Gasteiger partial charge in [0.15, 0.2) is 0 Å². The van der Waals surface area contributed by atoms with Crippen molar-refractivity contribution in [2.24, 2.45) is 0 Å². The summed E-state index contributed by atoms with van der Waals surface area (Å²) in [6, 6.07) is 12.2. The van der Waals surface area contributed by atoms with E-state index in [0.29, 0.717) is 11.4 Å². The van der Waals surface area contributed by atoms with Crippen LogP contribution in [0.5, 0.6) is 0 Å². The zero-order valence-electron chi connectivity index (χ0n) is 8.81. The molecule has 0 radical (unpaired) electrons. The number of halogens is 1. The highest BCUT2D eigenvalue weighted by atomic mass is 19.1. The Balaban J connectivity index is 2.28. The van der Waals surface area contributed by atoms with Crippen molar-refractivity contribution in [2.75, 3.05) is 5.32 Å². The van der Waals surface area contributed by atoms with Crippen LogP contribution >= 0.6 is 0 Å². The first-order chi connectivity index (χ1) is 8.16. The Bertz CT molecular complexity index is 555. The average Bonchev–Trinajstić information content (AvgIpc) is 2.32. The number of hydrogen-bond donors (Lipinski definition) is 1. The first-order valence-corrected chi connectivity index (χ1v) is 5.00. The van der Waals surface area contributed by atoms with Gasteiger partial charge in [0, 0.05) is 5.69 Å². The summed E-state index contributed by atoms with van der Waals surface area (Å²) >= 11 is 0. The number of anilines is 2. The fraction of sp³-hybridized carbons (Fsp3) is 0. The van der Waals surface area contributed by atoms with Crippen LogP contribution in [0.4, 0.5) is 15.8 Å². The molecule has 2 aromatic carbocycles. The summed E-state index contributed by atoms with van der Waals surface area (Å²) in [6.07, 6.45) is 0. The van der Waals surface area contributed by atoms with Gasteiger partial charge in [0.2, 0.25) is 0 Å². The molecular formula is C13H9FNO2-. The lowest BCUT2D eigenvalue weighted by Crippen LogP contribution is -2.22. The van der Waals surface area contributed by atoms with E-state index in [2.05, 4.69) is 5.32 Å². The summed E-state index contributed by atoms with van der Waals surface area (Å²) in [5.74, 6) is -1.66. The summed E-state index contributed by atoms with van der Waals surface area (Å²) in [5.41, 5.74) is 0.839. The quantitative estimate of drug-likeness (QED) is 0.876. The van der Waals surface area contributed by atoms with Gasteiger partial charge in [0.05, 0.1) is 11.7 Å². The molecule has 17 heavy (non-hydrogen) atoms. The molecule has 0 aliphatic carbocycles. The van der Waals surface area contributed by atoms with Crippen molar-refractivity contribution in [3.63, 3.8) is 0 Å². The van der Waals surface area contributed by atoms with Crippen LogP contribution in [0.3, 0.4) is 0 Å². The second-order valence-electron chi connectivity index (χ2n) is 3.47. The first-order valence-electron chi connectivity index (χ1n) is 5.00. The normalized spacial score (nSPS) is 9.94. The zero-order valence-corrected chi connectivity index (χ0v) is 8.81. The number of aromatic carboxylic acids is 1. The number of rotatable bonds is 3. The Hall–Kier alpha value is -2.36. The minimum atomic E-state index is -1.26. The standard InChI is InChI=1S/C13H10FNO2/c14-11-6-1-2-7-12(11)15-10-5-3-4-9(8-10)13(16)17/h1-8,15H,(H,16,17)/p-1. The van der Waals surface area contributed by atoms with Crippen molar-refractivity contribution in [2.45, 2.75) is 0 Å². The number of carboxylic acids is 1. The second-order valence-corrected chi connectivity index (χ2v) is 3.47. The van der Waals surface area contributed by atoms with Crippen LogP contribution in [0.1, 0.15) is 10.4 Å². The van der Waals surface area contributed by atoms with E-state index >= 15 is 0 Å². The molecule has 0 saturated carbocycles. The summed E-state index contributed by atoms with van der Waals surface area (Å²) < 4.78 is 13.3. The van der Waals surface area contributed by atoms with Crippen molar-refractivity contribution in [1.29, 1.82) is 0 Å². The van der Waals surface area contributed by atoms with Gasteiger partial charge in [-0.15, -0.1) is 0 Å². The van der Waals surface area contributed by atoms with Crippen LogP contribution in [-0.2, 0) is 0 Å². The first kappa shape index (κ1) is 11.1. The molecule has 4 heteroatoms. The Morgan fingerprint density at radius 3 is 2.59 bits per heavy atom. The minimum absolute atomic E-state index is 0.0475. The SMILES string of the molecule is O=C([O-])c1cccc(Nc2ccccc2F)c1. The van der Waals surface area contributed by atoms with Gasteiger partial charge in [0.25, 0.3) is 0 Å². The van der Waals surface area contributed by atoms with Gasteiger partial charge in [-0.25, -0.2) is 4.39 Å². The summed E-state index contributed by atoms with van der Waals surface area (Å²) in [7, 11) is 0. The van der Waals surface area contributed by atoms with Gasteiger partial charge in [0.1, 0.15) is 5.82 Å². The second kappa shape index (κ2) is 4.65.